The molecule has 1 fully saturated rings. The number of rotatable bonds is 11. The quantitative estimate of drug-likeness (QED) is 0.355. The second-order valence-electron chi connectivity index (χ2n) is 8.25. The molecular formula is C29H32O4. The Hall–Kier alpha value is -2.76. The maximum Gasteiger partial charge on any atom is 0.115 e. The summed E-state index contributed by atoms with van der Waals surface area (Å²) in [5.74, 6) is 0. The molecule has 4 atom stereocenters. The highest BCUT2D eigenvalue weighted by molar-refractivity contribution is 5.15. The average molecular weight is 445 g/mol. The highest BCUT2D eigenvalue weighted by atomic mass is 16.6. The lowest BCUT2D eigenvalue weighted by Gasteiger charge is -2.42. The Morgan fingerprint density at radius 1 is 0.667 bits per heavy atom. The molecule has 1 unspecified atom stereocenters. The first-order valence-electron chi connectivity index (χ1n) is 11.5. The molecule has 0 aliphatic carbocycles. The van der Waals surface area contributed by atoms with E-state index in [9.17, 15) is 0 Å². The van der Waals surface area contributed by atoms with Crippen LogP contribution in [0, 0.1) is 0 Å². The van der Waals surface area contributed by atoms with E-state index in [1.165, 1.54) is 0 Å². The van der Waals surface area contributed by atoms with Gasteiger partial charge in [-0.2, -0.15) is 0 Å². The Morgan fingerprint density at radius 3 is 1.61 bits per heavy atom. The standard InChI is InChI=1S/C29H32O4/c1-2-12-26-28(32-20-24-15-8-4-9-16-24)29(33-21-25-17-10-5-11-18-25)27(22-31-26)30-19-23-13-6-3-7-14-23/h2-11,13-18,26-29H,1,12,19-22H2/t26?,27-,28+,29+/m1/s1. The molecule has 33 heavy (non-hydrogen) atoms. The molecule has 1 aliphatic rings. The van der Waals surface area contributed by atoms with Gasteiger partial charge in [0.1, 0.15) is 18.3 Å². The predicted octanol–water partition coefficient (Wildman–Crippen LogP) is 5.72. The smallest absolute Gasteiger partial charge is 0.115 e. The SMILES string of the molecule is C=CCC1OC[C@@H](OCc2ccccc2)[C@H](OCc2ccccc2)[C@H]1OCc1ccccc1. The Bertz CT molecular complexity index is 945. The van der Waals surface area contributed by atoms with Gasteiger partial charge < -0.3 is 18.9 Å². The summed E-state index contributed by atoms with van der Waals surface area (Å²) in [6.07, 6.45) is 1.65. The van der Waals surface area contributed by atoms with E-state index >= 15 is 0 Å². The van der Waals surface area contributed by atoms with Gasteiger partial charge in [0.2, 0.25) is 0 Å². The number of hydrogen-bond donors (Lipinski definition) is 0. The molecule has 4 rings (SSSR count). The zero-order valence-corrected chi connectivity index (χ0v) is 18.9. The maximum absolute atomic E-state index is 6.48. The van der Waals surface area contributed by atoms with Crippen molar-refractivity contribution in [2.75, 3.05) is 6.61 Å². The third-order valence-electron chi connectivity index (χ3n) is 5.81. The Balaban J connectivity index is 1.51. The van der Waals surface area contributed by atoms with Crippen molar-refractivity contribution in [3.8, 4) is 0 Å². The monoisotopic (exact) mass is 444 g/mol. The van der Waals surface area contributed by atoms with Gasteiger partial charge in [0.05, 0.1) is 32.5 Å². The summed E-state index contributed by atoms with van der Waals surface area (Å²) >= 11 is 0. The van der Waals surface area contributed by atoms with E-state index in [1.807, 2.05) is 60.7 Å². The molecule has 1 heterocycles. The zero-order valence-electron chi connectivity index (χ0n) is 18.9. The van der Waals surface area contributed by atoms with Crippen LogP contribution in [0.15, 0.2) is 104 Å². The van der Waals surface area contributed by atoms with Crippen LogP contribution in [0.25, 0.3) is 0 Å². The van der Waals surface area contributed by atoms with Gasteiger partial charge in [-0.05, 0) is 23.1 Å². The molecule has 0 radical (unpaired) electrons. The molecule has 1 aliphatic heterocycles. The Labute approximate surface area is 196 Å². The summed E-state index contributed by atoms with van der Waals surface area (Å²) in [5, 5.41) is 0. The van der Waals surface area contributed by atoms with Gasteiger partial charge in [-0.25, -0.2) is 0 Å². The van der Waals surface area contributed by atoms with Crippen LogP contribution in [0.4, 0.5) is 0 Å². The van der Waals surface area contributed by atoms with E-state index in [0.717, 1.165) is 16.7 Å². The first-order valence-corrected chi connectivity index (χ1v) is 11.5. The van der Waals surface area contributed by atoms with Crippen LogP contribution < -0.4 is 0 Å². The van der Waals surface area contributed by atoms with Crippen molar-refractivity contribution < 1.29 is 18.9 Å². The van der Waals surface area contributed by atoms with E-state index in [-0.39, 0.29) is 24.4 Å². The fourth-order valence-corrected chi connectivity index (χ4v) is 4.06. The molecular weight excluding hydrogens is 412 g/mol. The first kappa shape index (κ1) is 23.4. The van der Waals surface area contributed by atoms with Gasteiger partial charge in [0.15, 0.2) is 0 Å². The van der Waals surface area contributed by atoms with Crippen LogP contribution >= 0.6 is 0 Å². The van der Waals surface area contributed by atoms with Gasteiger partial charge in [-0.3, -0.25) is 0 Å². The number of benzene rings is 3. The molecule has 0 N–H and O–H groups in total. The van der Waals surface area contributed by atoms with E-state index in [0.29, 0.717) is 32.8 Å². The third kappa shape index (κ3) is 6.86. The summed E-state index contributed by atoms with van der Waals surface area (Å²) in [6, 6.07) is 30.5. The van der Waals surface area contributed by atoms with E-state index in [4.69, 9.17) is 18.9 Å². The van der Waals surface area contributed by atoms with E-state index in [2.05, 4.69) is 43.0 Å². The minimum absolute atomic E-state index is 0.136. The molecule has 0 spiro atoms. The van der Waals surface area contributed by atoms with Crippen molar-refractivity contribution in [2.24, 2.45) is 0 Å². The highest BCUT2D eigenvalue weighted by Crippen LogP contribution is 2.28. The molecule has 4 heteroatoms. The molecule has 4 nitrogen and oxygen atoms in total. The summed E-state index contributed by atoms with van der Waals surface area (Å²) in [7, 11) is 0. The fraction of sp³-hybridized carbons (Fsp3) is 0.310. The van der Waals surface area contributed by atoms with Gasteiger partial charge in [0.25, 0.3) is 0 Å². The topological polar surface area (TPSA) is 36.9 Å². The molecule has 3 aromatic carbocycles. The molecule has 1 saturated heterocycles. The Morgan fingerprint density at radius 2 is 1.12 bits per heavy atom. The summed E-state index contributed by atoms with van der Waals surface area (Å²) < 4.78 is 25.4. The van der Waals surface area contributed by atoms with Crippen molar-refractivity contribution in [2.45, 2.75) is 50.7 Å². The Kier molecular flexibility index (Phi) is 8.84. The fourth-order valence-electron chi connectivity index (χ4n) is 4.06. The van der Waals surface area contributed by atoms with E-state index in [1.54, 1.807) is 0 Å². The second kappa shape index (κ2) is 12.5. The van der Waals surface area contributed by atoms with Crippen molar-refractivity contribution in [1.29, 1.82) is 0 Å². The zero-order chi connectivity index (χ0) is 22.7. The highest BCUT2D eigenvalue weighted by Gasteiger charge is 2.42. The van der Waals surface area contributed by atoms with Crippen LogP contribution in [0.5, 0.6) is 0 Å². The normalized spacial score (nSPS) is 22.7. The maximum atomic E-state index is 6.48. The van der Waals surface area contributed by atoms with Gasteiger partial charge in [0, 0.05) is 0 Å². The van der Waals surface area contributed by atoms with Crippen LogP contribution in [-0.2, 0) is 38.8 Å². The molecule has 3 aromatic rings. The predicted molar refractivity (Wildman–Crippen MR) is 130 cm³/mol. The van der Waals surface area contributed by atoms with Crippen LogP contribution in [-0.4, -0.2) is 31.0 Å². The minimum atomic E-state index is -0.276. The molecule has 0 bridgehead atoms. The number of hydrogen-bond acceptors (Lipinski definition) is 4. The second-order valence-corrected chi connectivity index (χ2v) is 8.25. The number of ether oxygens (including phenoxy) is 4. The lowest BCUT2D eigenvalue weighted by atomic mass is 9.96. The van der Waals surface area contributed by atoms with E-state index < -0.39 is 0 Å². The van der Waals surface area contributed by atoms with Crippen molar-refractivity contribution >= 4 is 0 Å². The van der Waals surface area contributed by atoms with Crippen LogP contribution in [0.3, 0.4) is 0 Å². The molecule has 0 amide bonds. The summed E-state index contributed by atoms with van der Waals surface area (Å²) in [5.41, 5.74) is 3.35. The van der Waals surface area contributed by atoms with Gasteiger partial charge in [-0.15, -0.1) is 6.58 Å². The van der Waals surface area contributed by atoms with Gasteiger partial charge in [-0.1, -0.05) is 97.1 Å². The first-order chi connectivity index (χ1) is 16.3. The van der Waals surface area contributed by atoms with Crippen molar-refractivity contribution in [3.63, 3.8) is 0 Å². The van der Waals surface area contributed by atoms with Crippen molar-refractivity contribution in [1.82, 2.24) is 0 Å². The lowest BCUT2D eigenvalue weighted by molar-refractivity contribution is -0.237. The molecule has 172 valence electrons. The van der Waals surface area contributed by atoms with Crippen molar-refractivity contribution in [3.05, 3.63) is 120 Å². The summed E-state index contributed by atoms with van der Waals surface area (Å²) in [4.78, 5) is 0. The van der Waals surface area contributed by atoms with Crippen LogP contribution in [0.2, 0.25) is 0 Å². The third-order valence-corrected chi connectivity index (χ3v) is 5.81. The minimum Gasteiger partial charge on any atom is -0.372 e. The molecule has 0 aromatic heterocycles. The lowest BCUT2D eigenvalue weighted by Crippen LogP contribution is -2.55. The average Bonchev–Trinajstić information content (AvgIpc) is 2.88. The van der Waals surface area contributed by atoms with Crippen LogP contribution in [0.1, 0.15) is 23.1 Å². The summed E-state index contributed by atoms with van der Waals surface area (Å²) in [6.45, 7) is 5.84. The molecule has 0 saturated carbocycles. The largest absolute Gasteiger partial charge is 0.372 e. The van der Waals surface area contributed by atoms with Gasteiger partial charge >= 0.3 is 0 Å².